The van der Waals surface area contributed by atoms with E-state index in [2.05, 4.69) is 6.92 Å². The number of unbranched alkanes of at least 4 members (excludes halogenated alkanes) is 7. The second-order valence-electron chi connectivity index (χ2n) is 5.85. The zero-order valence-corrected chi connectivity index (χ0v) is 13.9. The molecule has 0 unspecified atom stereocenters. The highest BCUT2D eigenvalue weighted by atomic mass is 16.4. The van der Waals surface area contributed by atoms with Crippen molar-refractivity contribution in [1.29, 1.82) is 0 Å². The Kier molecular flexibility index (Phi) is 14.0. The summed E-state index contributed by atoms with van der Waals surface area (Å²) in [7, 11) is 0. The molecule has 0 saturated carbocycles. The van der Waals surface area contributed by atoms with Gasteiger partial charge >= 0.3 is 5.97 Å². The fourth-order valence-electron chi connectivity index (χ4n) is 2.27. The number of hydrogen-bond acceptors (Lipinski definition) is 3. The Morgan fingerprint density at radius 3 is 2.32 bits per heavy atom. The summed E-state index contributed by atoms with van der Waals surface area (Å²) >= 11 is 0. The van der Waals surface area contributed by atoms with Crippen LogP contribution in [0.25, 0.3) is 0 Å². The number of allylic oxidation sites excluding steroid dienone is 2. The minimum absolute atomic E-state index is 0.0824. The van der Waals surface area contributed by atoms with Crippen molar-refractivity contribution in [2.24, 2.45) is 0 Å². The third-order valence-corrected chi connectivity index (χ3v) is 3.70. The Morgan fingerprint density at radius 2 is 1.64 bits per heavy atom. The van der Waals surface area contributed by atoms with Crippen LogP contribution in [0.3, 0.4) is 0 Å². The molecule has 2 N–H and O–H groups in total. The van der Waals surface area contributed by atoms with Crippen molar-refractivity contribution < 1.29 is 19.8 Å². The van der Waals surface area contributed by atoms with Crippen LogP contribution in [0.2, 0.25) is 0 Å². The van der Waals surface area contributed by atoms with E-state index in [9.17, 15) is 14.7 Å². The van der Waals surface area contributed by atoms with Gasteiger partial charge in [0, 0.05) is 12.8 Å². The van der Waals surface area contributed by atoms with Gasteiger partial charge in [-0.2, -0.15) is 0 Å². The Bertz CT molecular complexity index is 323. The topological polar surface area (TPSA) is 74.6 Å². The van der Waals surface area contributed by atoms with Crippen LogP contribution in [-0.2, 0) is 9.59 Å². The third-order valence-electron chi connectivity index (χ3n) is 3.70. The van der Waals surface area contributed by atoms with Crippen LogP contribution in [0, 0.1) is 0 Å². The van der Waals surface area contributed by atoms with Gasteiger partial charge in [0.1, 0.15) is 6.10 Å². The first-order valence-corrected chi connectivity index (χ1v) is 8.65. The minimum atomic E-state index is -0.801. The van der Waals surface area contributed by atoms with E-state index in [-0.39, 0.29) is 12.2 Å². The smallest absolute Gasteiger partial charge is 0.303 e. The molecule has 0 aromatic rings. The van der Waals surface area contributed by atoms with Crippen molar-refractivity contribution in [2.75, 3.05) is 0 Å². The average Bonchev–Trinajstić information content (AvgIpc) is 2.48. The third kappa shape index (κ3) is 13.8. The molecule has 22 heavy (non-hydrogen) atoms. The van der Waals surface area contributed by atoms with Gasteiger partial charge in [-0.15, -0.1) is 0 Å². The Labute approximate surface area is 134 Å². The summed E-state index contributed by atoms with van der Waals surface area (Å²) in [6, 6.07) is 0. The Morgan fingerprint density at radius 1 is 0.955 bits per heavy atom. The molecule has 0 heterocycles. The second-order valence-corrected chi connectivity index (χ2v) is 5.85. The van der Waals surface area contributed by atoms with E-state index in [1.54, 1.807) is 0 Å². The van der Waals surface area contributed by atoms with E-state index >= 15 is 0 Å². The number of carboxylic acids is 1. The quantitative estimate of drug-likeness (QED) is 0.350. The second kappa shape index (κ2) is 14.8. The lowest BCUT2D eigenvalue weighted by atomic mass is 10.0. The molecule has 0 bridgehead atoms. The summed E-state index contributed by atoms with van der Waals surface area (Å²) in [6.45, 7) is 2.10. The number of carbonyl (C=O) groups excluding carboxylic acids is 1. The van der Waals surface area contributed by atoms with E-state index in [1.807, 2.05) is 12.2 Å². The van der Waals surface area contributed by atoms with Gasteiger partial charge in [0.25, 0.3) is 0 Å². The maximum Gasteiger partial charge on any atom is 0.303 e. The molecule has 0 saturated heterocycles. The first-order chi connectivity index (χ1) is 10.6. The summed E-state index contributed by atoms with van der Waals surface area (Å²) in [4.78, 5) is 22.0. The number of Topliss-reactive ketones (excluding diaryl/α,β-unsaturated/α-hetero) is 1. The van der Waals surface area contributed by atoms with E-state index in [0.29, 0.717) is 12.8 Å². The van der Waals surface area contributed by atoms with Crippen molar-refractivity contribution in [2.45, 2.75) is 90.1 Å². The van der Waals surface area contributed by atoms with Crippen molar-refractivity contribution in [3.05, 3.63) is 12.2 Å². The standard InChI is InChI=1S/C18H32O4/c1-2-3-10-13-16(19)17(20)14-11-8-6-4-5-7-9-12-15-18(21)22/h8,11,16,19H,2-7,9-10,12-15H2,1H3,(H,21,22)/b11-8+/t16-/m0/s1. The maximum absolute atomic E-state index is 11.7. The molecule has 0 aromatic carbocycles. The van der Waals surface area contributed by atoms with Crippen molar-refractivity contribution >= 4 is 11.8 Å². The van der Waals surface area contributed by atoms with Gasteiger partial charge in [0.05, 0.1) is 0 Å². The molecule has 128 valence electrons. The first kappa shape index (κ1) is 20.8. The molecule has 0 radical (unpaired) electrons. The monoisotopic (exact) mass is 312 g/mol. The molecule has 4 nitrogen and oxygen atoms in total. The molecule has 0 aliphatic rings. The van der Waals surface area contributed by atoms with Crippen LogP contribution in [0.1, 0.15) is 84.0 Å². The fourth-order valence-corrected chi connectivity index (χ4v) is 2.27. The van der Waals surface area contributed by atoms with Gasteiger partial charge in [-0.1, -0.05) is 57.6 Å². The summed E-state index contributed by atoms with van der Waals surface area (Å²) in [5, 5.41) is 18.2. The molecular weight excluding hydrogens is 280 g/mol. The predicted octanol–water partition coefficient (Wildman–Crippen LogP) is 4.26. The van der Waals surface area contributed by atoms with E-state index in [4.69, 9.17) is 5.11 Å². The highest BCUT2D eigenvalue weighted by Gasteiger charge is 2.12. The van der Waals surface area contributed by atoms with Gasteiger partial charge in [-0.25, -0.2) is 0 Å². The Hall–Kier alpha value is -1.16. The molecule has 0 spiro atoms. The first-order valence-electron chi connectivity index (χ1n) is 8.65. The molecule has 0 amide bonds. The SMILES string of the molecule is CCCCC[C@H](O)C(=O)C/C=C/CCCCCCCC(=O)O. The number of hydrogen-bond donors (Lipinski definition) is 2. The number of aliphatic hydroxyl groups excluding tert-OH is 1. The highest BCUT2D eigenvalue weighted by Crippen LogP contribution is 2.09. The number of carbonyl (C=O) groups is 2. The molecule has 1 atom stereocenters. The number of ketones is 1. The summed E-state index contributed by atoms with van der Waals surface area (Å²) in [5.74, 6) is -0.800. The van der Waals surface area contributed by atoms with E-state index < -0.39 is 12.1 Å². The molecule has 0 aliphatic heterocycles. The lowest BCUT2D eigenvalue weighted by Gasteiger charge is -2.07. The largest absolute Gasteiger partial charge is 0.481 e. The summed E-state index contributed by atoms with van der Waals surface area (Å²) < 4.78 is 0. The number of carboxylic acid groups (broad SMARTS) is 1. The van der Waals surface area contributed by atoms with Crippen LogP contribution in [0.4, 0.5) is 0 Å². The normalized spacial score (nSPS) is 12.6. The fraction of sp³-hybridized carbons (Fsp3) is 0.778. The number of aliphatic carboxylic acids is 1. The van der Waals surface area contributed by atoms with Gasteiger partial charge in [0.15, 0.2) is 5.78 Å². The number of aliphatic hydroxyl groups is 1. The van der Waals surface area contributed by atoms with Crippen LogP contribution in [0.15, 0.2) is 12.2 Å². The van der Waals surface area contributed by atoms with E-state index in [0.717, 1.165) is 57.8 Å². The van der Waals surface area contributed by atoms with Crippen LogP contribution >= 0.6 is 0 Å². The van der Waals surface area contributed by atoms with Gasteiger partial charge in [-0.05, 0) is 25.7 Å². The average molecular weight is 312 g/mol. The number of rotatable bonds is 15. The van der Waals surface area contributed by atoms with E-state index in [1.165, 1.54) is 0 Å². The van der Waals surface area contributed by atoms with Gasteiger partial charge in [0.2, 0.25) is 0 Å². The van der Waals surface area contributed by atoms with Crippen molar-refractivity contribution in [3.63, 3.8) is 0 Å². The lowest BCUT2D eigenvalue weighted by molar-refractivity contribution is -0.137. The zero-order valence-electron chi connectivity index (χ0n) is 13.9. The summed E-state index contributed by atoms with van der Waals surface area (Å²) in [6.07, 6.45) is 13.2. The molecule has 0 fully saturated rings. The van der Waals surface area contributed by atoms with Gasteiger partial charge < -0.3 is 10.2 Å². The minimum Gasteiger partial charge on any atom is -0.481 e. The van der Waals surface area contributed by atoms with Gasteiger partial charge in [-0.3, -0.25) is 9.59 Å². The lowest BCUT2D eigenvalue weighted by Crippen LogP contribution is -2.19. The van der Waals surface area contributed by atoms with Crippen LogP contribution < -0.4 is 0 Å². The van der Waals surface area contributed by atoms with Crippen molar-refractivity contribution in [3.8, 4) is 0 Å². The molecule has 0 rings (SSSR count). The maximum atomic E-state index is 11.7. The van der Waals surface area contributed by atoms with Crippen LogP contribution in [0.5, 0.6) is 0 Å². The summed E-state index contributed by atoms with van der Waals surface area (Å²) in [5.41, 5.74) is 0. The molecule has 4 heteroatoms. The van der Waals surface area contributed by atoms with Crippen molar-refractivity contribution in [1.82, 2.24) is 0 Å². The molecule has 0 aliphatic carbocycles. The van der Waals surface area contributed by atoms with Crippen LogP contribution in [-0.4, -0.2) is 28.1 Å². The highest BCUT2D eigenvalue weighted by molar-refractivity contribution is 5.84. The predicted molar refractivity (Wildman–Crippen MR) is 88.9 cm³/mol. The Balaban J connectivity index is 3.45. The zero-order chi connectivity index (χ0) is 16.6. The molecule has 0 aromatic heterocycles. The molecular formula is C18H32O4.